The van der Waals surface area contributed by atoms with Crippen LogP contribution in [-0.2, 0) is 17.6 Å². The van der Waals surface area contributed by atoms with E-state index in [9.17, 15) is 9.90 Å². The fourth-order valence-corrected chi connectivity index (χ4v) is 2.44. The Labute approximate surface area is 119 Å². The Morgan fingerprint density at radius 1 is 1.50 bits per heavy atom. The van der Waals surface area contributed by atoms with E-state index in [1.54, 1.807) is 6.07 Å². The van der Waals surface area contributed by atoms with Gasteiger partial charge in [0.05, 0.1) is 12.7 Å². The molecule has 1 aromatic heterocycles. The molecule has 1 N–H and O–H groups in total. The van der Waals surface area contributed by atoms with Gasteiger partial charge < -0.3 is 14.7 Å². The summed E-state index contributed by atoms with van der Waals surface area (Å²) in [4.78, 5) is 17.8. The zero-order chi connectivity index (χ0) is 14.7. The first-order chi connectivity index (χ1) is 9.49. The molecule has 0 bridgehead atoms. The van der Waals surface area contributed by atoms with Crippen LogP contribution in [0.25, 0.3) is 0 Å². The second-order valence-electron chi connectivity index (χ2n) is 5.47. The maximum absolute atomic E-state index is 11.4. The fourth-order valence-electron chi connectivity index (χ4n) is 2.44. The van der Waals surface area contributed by atoms with Crippen molar-refractivity contribution in [3.8, 4) is 0 Å². The lowest BCUT2D eigenvalue weighted by Gasteiger charge is -2.21. The average molecular weight is 278 g/mol. The monoisotopic (exact) mass is 278 g/mol. The zero-order valence-corrected chi connectivity index (χ0v) is 12.3. The molecule has 0 radical (unpaired) electrons. The van der Waals surface area contributed by atoms with Crippen molar-refractivity contribution in [2.45, 2.75) is 39.2 Å². The lowest BCUT2D eigenvalue weighted by atomic mass is 10.1. The summed E-state index contributed by atoms with van der Waals surface area (Å²) in [5.74, 6) is -0.371. The minimum atomic E-state index is -0.918. The van der Waals surface area contributed by atoms with Gasteiger partial charge in [0, 0.05) is 19.3 Å². The van der Waals surface area contributed by atoms with Crippen LogP contribution in [0.4, 0.5) is 5.82 Å². The highest BCUT2D eigenvalue weighted by Gasteiger charge is 2.21. The maximum atomic E-state index is 11.4. The first-order valence-electron chi connectivity index (χ1n) is 7.08. The number of aromatic nitrogens is 1. The number of carboxylic acid groups (broad SMARTS) is 1. The molecule has 0 spiro atoms. The van der Waals surface area contributed by atoms with Crippen LogP contribution in [0.15, 0.2) is 6.07 Å². The van der Waals surface area contributed by atoms with Crippen LogP contribution in [0.5, 0.6) is 0 Å². The van der Waals surface area contributed by atoms with E-state index < -0.39 is 5.97 Å². The molecule has 0 amide bonds. The van der Waals surface area contributed by atoms with Gasteiger partial charge in [-0.2, -0.15) is 0 Å². The van der Waals surface area contributed by atoms with Crippen LogP contribution >= 0.6 is 0 Å². The second-order valence-corrected chi connectivity index (χ2v) is 5.47. The largest absolute Gasteiger partial charge is 0.478 e. The van der Waals surface area contributed by atoms with E-state index in [0.717, 1.165) is 30.5 Å². The smallest absolute Gasteiger partial charge is 0.339 e. The summed E-state index contributed by atoms with van der Waals surface area (Å²) in [5.41, 5.74) is 2.41. The number of pyridine rings is 1. The van der Waals surface area contributed by atoms with Crippen molar-refractivity contribution in [3.63, 3.8) is 0 Å². The summed E-state index contributed by atoms with van der Waals surface area (Å²) in [6.45, 7) is 5.16. The van der Waals surface area contributed by atoms with Gasteiger partial charge in [0.15, 0.2) is 0 Å². The number of rotatable bonds is 6. The molecule has 2 rings (SSSR count). The Bertz CT molecular complexity index is 500. The third kappa shape index (κ3) is 3.28. The number of anilines is 1. The average Bonchev–Trinajstić information content (AvgIpc) is 2.83. The molecule has 0 unspecified atom stereocenters. The minimum absolute atomic E-state index is 0.176. The minimum Gasteiger partial charge on any atom is -0.478 e. The van der Waals surface area contributed by atoms with Crippen LogP contribution in [0.1, 0.15) is 41.9 Å². The summed E-state index contributed by atoms with van der Waals surface area (Å²) in [5, 5.41) is 9.36. The van der Waals surface area contributed by atoms with Crippen molar-refractivity contribution >= 4 is 11.8 Å². The molecule has 110 valence electrons. The lowest BCUT2D eigenvalue weighted by molar-refractivity contribution is 0.0695. The summed E-state index contributed by atoms with van der Waals surface area (Å²) in [6, 6.07) is 1.78. The molecular formula is C15H22N2O3. The topological polar surface area (TPSA) is 62.7 Å². The van der Waals surface area contributed by atoms with Crippen molar-refractivity contribution in [1.82, 2.24) is 4.98 Å². The SMILES string of the molecule is CC(C)OCCN(C)c1nc2c(cc1C(=O)O)CCC2. The number of nitrogens with zero attached hydrogens (tertiary/aromatic N) is 2. The summed E-state index contributed by atoms with van der Waals surface area (Å²) >= 11 is 0. The van der Waals surface area contributed by atoms with Crippen molar-refractivity contribution in [3.05, 3.63) is 22.9 Å². The highest BCUT2D eigenvalue weighted by molar-refractivity contribution is 5.93. The predicted molar refractivity (Wildman–Crippen MR) is 77.6 cm³/mol. The predicted octanol–water partition coefficient (Wildman–Crippen LogP) is 2.13. The number of hydrogen-bond acceptors (Lipinski definition) is 4. The van der Waals surface area contributed by atoms with Crippen molar-refractivity contribution in [1.29, 1.82) is 0 Å². The molecule has 5 heteroatoms. The third-order valence-electron chi connectivity index (χ3n) is 3.50. The molecule has 1 aliphatic carbocycles. The summed E-state index contributed by atoms with van der Waals surface area (Å²) < 4.78 is 5.51. The number of hydrogen-bond donors (Lipinski definition) is 1. The number of ether oxygens (including phenoxy) is 1. The van der Waals surface area contributed by atoms with E-state index in [1.807, 2.05) is 25.8 Å². The Morgan fingerprint density at radius 2 is 2.25 bits per heavy atom. The Balaban J connectivity index is 2.18. The first-order valence-corrected chi connectivity index (χ1v) is 7.08. The van der Waals surface area contributed by atoms with Gasteiger partial charge in [0.25, 0.3) is 0 Å². The van der Waals surface area contributed by atoms with Crippen LogP contribution in [-0.4, -0.2) is 42.4 Å². The molecule has 1 heterocycles. The molecule has 1 aliphatic rings. The summed E-state index contributed by atoms with van der Waals surface area (Å²) in [7, 11) is 1.86. The van der Waals surface area contributed by atoms with Crippen LogP contribution in [0, 0.1) is 0 Å². The third-order valence-corrected chi connectivity index (χ3v) is 3.50. The summed E-state index contributed by atoms with van der Waals surface area (Å²) in [6.07, 6.45) is 3.11. The van der Waals surface area contributed by atoms with Gasteiger partial charge in [-0.05, 0) is 44.7 Å². The van der Waals surface area contributed by atoms with Crippen LogP contribution in [0.2, 0.25) is 0 Å². The van der Waals surface area contributed by atoms with Gasteiger partial charge >= 0.3 is 5.97 Å². The molecule has 0 fully saturated rings. The van der Waals surface area contributed by atoms with E-state index >= 15 is 0 Å². The number of carbonyl (C=O) groups is 1. The first kappa shape index (κ1) is 14.8. The van der Waals surface area contributed by atoms with E-state index in [4.69, 9.17) is 4.74 Å². The van der Waals surface area contributed by atoms with Crippen molar-refractivity contribution in [2.75, 3.05) is 25.1 Å². The number of likely N-dealkylation sites (N-methyl/N-ethyl adjacent to an activating group) is 1. The van der Waals surface area contributed by atoms with Crippen LogP contribution in [0.3, 0.4) is 0 Å². The number of fused-ring (bicyclic) bond motifs is 1. The Hall–Kier alpha value is -1.62. The van der Waals surface area contributed by atoms with Gasteiger partial charge in [-0.1, -0.05) is 0 Å². The molecule has 20 heavy (non-hydrogen) atoms. The Morgan fingerprint density at radius 3 is 2.90 bits per heavy atom. The quantitative estimate of drug-likeness (QED) is 0.863. The van der Waals surface area contributed by atoms with E-state index in [-0.39, 0.29) is 11.7 Å². The number of aromatic carboxylic acids is 1. The molecule has 0 aromatic carbocycles. The van der Waals surface area contributed by atoms with Crippen LogP contribution < -0.4 is 4.90 Å². The van der Waals surface area contributed by atoms with Gasteiger partial charge in [0.1, 0.15) is 11.4 Å². The highest BCUT2D eigenvalue weighted by Crippen LogP contribution is 2.26. The van der Waals surface area contributed by atoms with Gasteiger partial charge in [-0.3, -0.25) is 0 Å². The zero-order valence-electron chi connectivity index (χ0n) is 12.3. The fraction of sp³-hybridized carbons (Fsp3) is 0.600. The maximum Gasteiger partial charge on any atom is 0.339 e. The van der Waals surface area contributed by atoms with E-state index in [1.165, 1.54) is 0 Å². The van der Waals surface area contributed by atoms with Gasteiger partial charge in [-0.15, -0.1) is 0 Å². The molecule has 0 saturated carbocycles. The molecule has 0 aliphatic heterocycles. The number of aryl methyl sites for hydroxylation is 2. The molecule has 0 atom stereocenters. The number of carboxylic acids is 1. The van der Waals surface area contributed by atoms with Gasteiger partial charge in [0.2, 0.25) is 0 Å². The van der Waals surface area contributed by atoms with Crippen molar-refractivity contribution < 1.29 is 14.6 Å². The van der Waals surface area contributed by atoms with E-state index in [2.05, 4.69) is 4.98 Å². The standard InChI is InChI=1S/C15H22N2O3/c1-10(2)20-8-7-17(3)14-12(15(18)19)9-11-5-4-6-13(11)16-14/h9-10H,4-8H2,1-3H3,(H,18,19). The molecule has 5 nitrogen and oxygen atoms in total. The normalized spacial score (nSPS) is 13.6. The highest BCUT2D eigenvalue weighted by atomic mass is 16.5. The molecule has 0 saturated heterocycles. The van der Waals surface area contributed by atoms with Gasteiger partial charge in [-0.25, -0.2) is 9.78 Å². The molecular weight excluding hydrogens is 256 g/mol. The van der Waals surface area contributed by atoms with Crippen molar-refractivity contribution in [2.24, 2.45) is 0 Å². The molecule has 1 aromatic rings. The second kappa shape index (κ2) is 6.22. The Kier molecular flexibility index (Phi) is 4.60. The lowest BCUT2D eigenvalue weighted by Crippen LogP contribution is -2.27. The van der Waals surface area contributed by atoms with E-state index in [0.29, 0.717) is 19.0 Å².